The van der Waals surface area contributed by atoms with Crippen LogP contribution in [0.25, 0.3) is 0 Å². The van der Waals surface area contributed by atoms with Crippen molar-refractivity contribution in [1.29, 1.82) is 0 Å². The minimum atomic E-state index is 0.669. The SMILES string of the molecule is CCN(CC=CCN)C1CCCC1. The van der Waals surface area contributed by atoms with Gasteiger partial charge in [-0.15, -0.1) is 0 Å². The molecule has 0 bridgehead atoms. The van der Waals surface area contributed by atoms with Crippen molar-refractivity contribution in [2.75, 3.05) is 19.6 Å². The molecule has 0 radical (unpaired) electrons. The second-order valence-corrected chi connectivity index (χ2v) is 3.73. The van der Waals surface area contributed by atoms with Gasteiger partial charge in [0.25, 0.3) is 0 Å². The summed E-state index contributed by atoms with van der Waals surface area (Å²) in [5, 5.41) is 0. The van der Waals surface area contributed by atoms with Gasteiger partial charge in [-0.2, -0.15) is 0 Å². The minimum absolute atomic E-state index is 0.669. The normalized spacial score (nSPS) is 19.3. The predicted molar refractivity (Wildman–Crippen MR) is 57.7 cm³/mol. The van der Waals surface area contributed by atoms with E-state index in [1.54, 1.807) is 0 Å². The Labute approximate surface area is 81.8 Å². The first-order valence-corrected chi connectivity index (χ1v) is 5.47. The zero-order valence-electron chi connectivity index (χ0n) is 8.71. The van der Waals surface area contributed by atoms with Crippen molar-refractivity contribution in [2.45, 2.75) is 38.6 Å². The lowest BCUT2D eigenvalue weighted by molar-refractivity contribution is 0.232. The van der Waals surface area contributed by atoms with Crippen LogP contribution in [0.2, 0.25) is 0 Å². The van der Waals surface area contributed by atoms with Crippen LogP contribution in [0.5, 0.6) is 0 Å². The lowest BCUT2D eigenvalue weighted by atomic mass is 10.2. The molecule has 1 fully saturated rings. The summed E-state index contributed by atoms with van der Waals surface area (Å²) in [6, 6.07) is 0.840. The lowest BCUT2D eigenvalue weighted by Gasteiger charge is -2.25. The molecule has 0 amide bonds. The average Bonchev–Trinajstić information content (AvgIpc) is 2.65. The predicted octanol–water partition coefficient (Wildman–Crippen LogP) is 1.77. The number of likely N-dealkylation sites (N-methyl/N-ethyl adjacent to an activating group) is 1. The molecule has 1 aliphatic rings. The molecule has 0 atom stereocenters. The van der Waals surface area contributed by atoms with Gasteiger partial charge < -0.3 is 5.73 Å². The molecule has 1 rings (SSSR count). The van der Waals surface area contributed by atoms with Gasteiger partial charge in [0.2, 0.25) is 0 Å². The van der Waals surface area contributed by atoms with Gasteiger partial charge in [0, 0.05) is 19.1 Å². The average molecular weight is 182 g/mol. The largest absolute Gasteiger partial charge is 0.327 e. The van der Waals surface area contributed by atoms with E-state index in [2.05, 4.69) is 24.0 Å². The van der Waals surface area contributed by atoms with Crippen molar-refractivity contribution < 1.29 is 0 Å². The molecule has 1 saturated carbocycles. The van der Waals surface area contributed by atoms with Crippen LogP contribution in [0.4, 0.5) is 0 Å². The van der Waals surface area contributed by atoms with Crippen LogP contribution in [0.15, 0.2) is 12.2 Å². The van der Waals surface area contributed by atoms with E-state index >= 15 is 0 Å². The first-order valence-electron chi connectivity index (χ1n) is 5.47. The molecule has 2 N–H and O–H groups in total. The zero-order valence-corrected chi connectivity index (χ0v) is 8.71. The molecule has 1 aliphatic carbocycles. The Balaban J connectivity index is 2.28. The highest BCUT2D eigenvalue weighted by Gasteiger charge is 2.19. The van der Waals surface area contributed by atoms with Crippen LogP contribution in [-0.4, -0.2) is 30.6 Å². The van der Waals surface area contributed by atoms with Gasteiger partial charge in [-0.05, 0) is 19.4 Å². The molecule has 0 unspecified atom stereocenters. The van der Waals surface area contributed by atoms with Crippen LogP contribution in [-0.2, 0) is 0 Å². The lowest BCUT2D eigenvalue weighted by Crippen LogP contribution is -2.33. The number of nitrogens with zero attached hydrogens (tertiary/aromatic N) is 1. The standard InChI is InChI=1S/C11H22N2/c1-2-13(10-6-5-9-12)11-7-3-4-8-11/h5-6,11H,2-4,7-10,12H2,1H3. The van der Waals surface area contributed by atoms with Crippen molar-refractivity contribution in [2.24, 2.45) is 5.73 Å². The van der Waals surface area contributed by atoms with Crippen LogP contribution in [0.1, 0.15) is 32.6 Å². The third-order valence-corrected chi connectivity index (χ3v) is 2.89. The van der Waals surface area contributed by atoms with Crippen LogP contribution < -0.4 is 5.73 Å². The van der Waals surface area contributed by atoms with Gasteiger partial charge in [-0.3, -0.25) is 4.90 Å². The molecule has 0 aromatic heterocycles. The third kappa shape index (κ3) is 3.49. The van der Waals surface area contributed by atoms with Gasteiger partial charge in [-0.25, -0.2) is 0 Å². The molecule has 0 aromatic rings. The smallest absolute Gasteiger partial charge is 0.0166 e. The summed E-state index contributed by atoms with van der Waals surface area (Å²) < 4.78 is 0. The molecule has 13 heavy (non-hydrogen) atoms. The molecule has 0 aliphatic heterocycles. The van der Waals surface area contributed by atoms with Crippen molar-refractivity contribution in [3.05, 3.63) is 12.2 Å². The van der Waals surface area contributed by atoms with E-state index in [9.17, 15) is 0 Å². The van der Waals surface area contributed by atoms with E-state index in [-0.39, 0.29) is 0 Å². The molecule has 2 heteroatoms. The summed E-state index contributed by atoms with van der Waals surface area (Å²) in [5.41, 5.74) is 5.40. The van der Waals surface area contributed by atoms with Crippen molar-refractivity contribution in [3.63, 3.8) is 0 Å². The fraction of sp³-hybridized carbons (Fsp3) is 0.818. The Morgan fingerprint density at radius 2 is 2.00 bits per heavy atom. The second kappa shape index (κ2) is 6.17. The molecule has 76 valence electrons. The summed E-state index contributed by atoms with van der Waals surface area (Å²) in [6.45, 7) is 5.16. The summed E-state index contributed by atoms with van der Waals surface area (Å²) >= 11 is 0. The molecular weight excluding hydrogens is 160 g/mol. The summed E-state index contributed by atoms with van der Waals surface area (Å²) in [4.78, 5) is 2.55. The Kier molecular flexibility index (Phi) is 5.09. The first kappa shape index (κ1) is 10.7. The fourth-order valence-electron chi connectivity index (χ4n) is 2.11. The topological polar surface area (TPSA) is 29.3 Å². The molecule has 0 heterocycles. The van der Waals surface area contributed by atoms with E-state index in [0.717, 1.165) is 12.6 Å². The van der Waals surface area contributed by atoms with E-state index in [4.69, 9.17) is 5.73 Å². The number of hydrogen-bond donors (Lipinski definition) is 1. The molecular formula is C11H22N2. The van der Waals surface area contributed by atoms with Gasteiger partial charge in [0.15, 0.2) is 0 Å². The molecule has 0 aromatic carbocycles. The highest BCUT2D eigenvalue weighted by atomic mass is 15.1. The van der Waals surface area contributed by atoms with Crippen LogP contribution >= 0.6 is 0 Å². The Morgan fingerprint density at radius 3 is 2.54 bits per heavy atom. The molecule has 0 saturated heterocycles. The van der Waals surface area contributed by atoms with Gasteiger partial charge in [0.1, 0.15) is 0 Å². The number of nitrogens with two attached hydrogens (primary N) is 1. The van der Waals surface area contributed by atoms with Crippen molar-refractivity contribution in [1.82, 2.24) is 4.90 Å². The Morgan fingerprint density at radius 1 is 1.31 bits per heavy atom. The zero-order chi connectivity index (χ0) is 9.52. The number of hydrogen-bond acceptors (Lipinski definition) is 2. The third-order valence-electron chi connectivity index (χ3n) is 2.89. The molecule has 0 spiro atoms. The summed E-state index contributed by atoms with van der Waals surface area (Å²) in [5.74, 6) is 0. The van der Waals surface area contributed by atoms with Crippen LogP contribution in [0, 0.1) is 0 Å². The van der Waals surface area contributed by atoms with Gasteiger partial charge in [0.05, 0.1) is 0 Å². The van der Waals surface area contributed by atoms with Crippen molar-refractivity contribution >= 4 is 0 Å². The molecule has 2 nitrogen and oxygen atoms in total. The second-order valence-electron chi connectivity index (χ2n) is 3.73. The highest BCUT2D eigenvalue weighted by Crippen LogP contribution is 2.22. The first-order chi connectivity index (χ1) is 6.38. The fourth-order valence-corrected chi connectivity index (χ4v) is 2.11. The van der Waals surface area contributed by atoms with E-state index in [1.807, 2.05) is 0 Å². The summed E-state index contributed by atoms with van der Waals surface area (Å²) in [6.07, 6.45) is 9.87. The maximum absolute atomic E-state index is 5.40. The number of rotatable bonds is 5. The van der Waals surface area contributed by atoms with Crippen LogP contribution in [0.3, 0.4) is 0 Å². The van der Waals surface area contributed by atoms with Crippen molar-refractivity contribution in [3.8, 4) is 0 Å². The van der Waals surface area contributed by atoms with Gasteiger partial charge in [-0.1, -0.05) is 31.9 Å². The quantitative estimate of drug-likeness (QED) is 0.657. The van der Waals surface area contributed by atoms with E-state index in [0.29, 0.717) is 6.54 Å². The monoisotopic (exact) mass is 182 g/mol. The van der Waals surface area contributed by atoms with E-state index in [1.165, 1.54) is 32.2 Å². The minimum Gasteiger partial charge on any atom is -0.327 e. The Hall–Kier alpha value is -0.340. The highest BCUT2D eigenvalue weighted by molar-refractivity contribution is 4.88. The summed E-state index contributed by atoms with van der Waals surface area (Å²) in [7, 11) is 0. The van der Waals surface area contributed by atoms with Gasteiger partial charge >= 0.3 is 0 Å². The van der Waals surface area contributed by atoms with E-state index < -0.39 is 0 Å². The Bertz CT molecular complexity index is 148. The maximum Gasteiger partial charge on any atom is 0.0166 e. The maximum atomic E-state index is 5.40.